The number of hydrogen-bond acceptors (Lipinski definition) is 5. The van der Waals surface area contributed by atoms with Gasteiger partial charge in [-0.05, 0) is 37.4 Å². The molecular formula is C16H22N2O2S. The molecule has 4 nitrogen and oxygen atoms in total. The van der Waals surface area contributed by atoms with E-state index in [1.165, 1.54) is 5.01 Å². The summed E-state index contributed by atoms with van der Waals surface area (Å²) in [6, 6.07) is 5.84. The van der Waals surface area contributed by atoms with Gasteiger partial charge in [0.1, 0.15) is 18.1 Å². The minimum atomic E-state index is 0.477. The monoisotopic (exact) mass is 306 g/mol. The molecule has 114 valence electrons. The second-order valence-corrected chi connectivity index (χ2v) is 5.73. The van der Waals surface area contributed by atoms with Crippen molar-refractivity contribution in [2.24, 2.45) is 5.73 Å². The van der Waals surface area contributed by atoms with E-state index in [9.17, 15) is 0 Å². The van der Waals surface area contributed by atoms with E-state index in [1.54, 1.807) is 18.4 Å². The number of methoxy groups -OCH3 is 1. The Morgan fingerprint density at radius 3 is 2.86 bits per heavy atom. The lowest BCUT2D eigenvalue weighted by Crippen LogP contribution is -2.06. The lowest BCUT2D eigenvalue weighted by molar-refractivity contribution is 0.296. The highest BCUT2D eigenvalue weighted by Crippen LogP contribution is 2.26. The van der Waals surface area contributed by atoms with Gasteiger partial charge in [-0.15, -0.1) is 11.3 Å². The summed E-state index contributed by atoms with van der Waals surface area (Å²) in [6.45, 7) is 3.23. The van der Waals surface area contributed by atoms with Crippen LogP contribution in [0, 0.1) is 0 Å². The first kappa shape index (κ1) is 15.8. The van der Waals surface area contributed by atoms with E-state index in [0.717, 1.165) is 42.0 Å². The zero-order valence-corrected chi connectivity index (χ0v) is 13.4. The quantitative estimate of drug-likeness (QED) is 0.814. The molecule has 1 heterocycles. The van der Waals surface area contributed by atoms with Crippen LogP contribution in [0.25, 0.3) is 0 Å². The van der Waals surface area contributed by atoms with Gasteiger partial charge in [-0.3, -0.25) is 0 Å². The second kappa shape index (κ2) is 8.00. The smallest absolute Gasteiger partial charge is 0.131 e. The van der Waals surface area contributed by atoms with Crippen LogP contribution in [0.15, 0.2) is 23.6 Å². The summed E-state index contributed by atoms with van der Waals surface area (Å²) in [4.78, 5) is 4.57. The Bertz CT molecular complexity index is 569. The van der Waals surface area contributed by atoms with Crippen molar-refractivity contribution in [1.82, 2.24) is 4.98 Å². The molecule has 5 heteroatoms. The van der Waals surface area contributed by atoms with Crippen LogP contribution in [0.1, 0.15) is 29.6 Å². The van der Waals surface area contributed by atoms with Crippen molar-refractivity contribution in [3.05, 3.63) is 39.8 Å². The summed E-state index contributed by atoms with van der Waals surface area (Å²) in [5.74, 6) is 1.61. The third-order valence-corrected chi connectivity index (χ3v) is 4.08. The fraction of sp³-hybridized carbons (Fsp3) is 0.438. The molecule has 1 aromatic carbocycles. The van der Waals surface area contributed by atoms with Crippen LogP contribution in [-0.2, 0) is 19.4 Å². The SMILES string of the molecule is CCCc1nc(COc2cc(OC)ccc2CCN)cs1. The molecule has 21 heavy (non-hydrogen) atoms. The first-order valence-electron chi connectivity index (χ1n) is 7.19. The molecular weight excluding hydrogens is 284 g/mol. The van der Waals surface area contributed by atoms with Gasteiger partial charge >= 0.3 is 0 Å². The molecule has 0 aliphatic carbocycles. The van der Waals surface area contributed by atoms with E-state index >= 15 is 0 Å². The van der Waals surface area contributed by atoms with Crippen LogP contribution in [0.2, 0.25) is 0 Å². The number of rotatable bonds is 8. The van der Waals surface area contributed by atoms with Crippen LogP contribution in [0.3, 0.4) is 0 Å². The number of aromatic nitrogens is 1. The molecule has 0 aliphatic rings. The first-order valence-corrected chi connectivity index (χ1v) is 8.07. The molecule has 2 rings (SSSR count). The van der Waals surface area contributed by atoms with Crippen LogP contribution >= 0.6 is 11.3 Å². The zero-order chi connectivity index (χ0) is 15.1. The summed E-state index contributed by atoms with van der Waals surface area (Å²) in [5, 5.41) is 3.23. The average molecular weight is 306 g/mol. The molecule has 0 spiro atoms. The van der Waals surface area contributed by atoms with Crippen molar-refractivity contribution < 1.29 is 9.47 Å². The lowest BCUT2D eigenvalue weighted by atomic mass is 10.1. The number of hydrogen-bond donors (Lipinski definition) is 1. The van der Waals surface area contributed by atoms with Gasteiger partial charge < -0.3 is 15.2 Å². The molecule has 0 unspecified atom stereocenters. The topological polar surface area (TPSA) is 57.4 Å². The number of thiazole rings is 1. The molecule has 0 fully saturated rings. The zero-order valence-electron chi connectivity index (χ0n) is 12.6. The van der Waals surface area contributed by atoms with E-state index < -0.39 is 0 Å². The highest BCUT2D eigenvalue weighted by atomic mass is 32.1. The first-order chi connectivity index (χ1) is 10.3. The molecule has 2 N–H and O–H groups in total. The Kier molecular flexibility index (Phi) is 6.02. The normalized spacial score (nSPS) is 10.6. The van der Waals surface area contributed by atoms with Gasteiger partial charge in [-0.25, -0.2) is 4.98 Å². The molecule has 0 amide bonds. The summed E-state index contributed by atoms with van der Waals surface area (Å²) in [5.41, 5.74) is 7.72. The Labute approximate surface area is 129 Å². The molecule has 2 aromatic rings. The Balaban J connectivity index is 2.06. The second-order valence-electron chi connectivity index (χ2n) is 4.78. The van der Waals surface area contributed by atoms with Gasteiger partial charge in [0.2, 0.25) is 0 Å². The highest BCUT2D eigenvalue weighted by molar-refractivity contribution is 7.09. The number of benzene rings is 1. The Morgan fingerprint density at radius 2 is 2.14 bits per heavy atom. The largest absolute Gasteiger partial charge is 0.497 e. The third kappa shape index (κ3) is 4.44. The van der Waals surface area contributed by atoms with E-state index in [4.69, 9.17) is 15.2 Å². The van der Waals surface area contributed by atoms with E-state index in [1.807, 2.05) is 18.2 Å². The maximum absolute atomic E-state index is 5.92. The summed E-state index contributed by atoms with van der Waals surface area (Å²) < 4.78 is 11.2. The predicted molar refractivity (Wildman–Crippen MR) is 86.2 cm³/mol. The third-order valence-electron chi connectivity index (χ3n) is 3.13. The van der Waals surface area contributed by atoms with Gasteiger partial charge in [0.05, 0.1) is 17.8 Å². The van der Waals surface area contributed by atoms with Crippen molar-refractivity contribution in [2.75, 3.05) is 13.7 Å². The minimum Gasteiger partial charge on any atom is -0.497 e. The van der Waals surface area contributed by atoms with Crippen molar-refractivity contribution in [1.29, 1.82) is 0 Å². The van der Waals surface area contributed by atoms with Crippen LogP contribution in [0.5, 0.6) is 11.5 Å². The van der Waals surface area contributed by atoms with Crippen molar-refractivity contribution in [2.45, 2.75) is 32.8 Å². The Hall–Kier alpha value is -1.59. The van der Waals surface area contributed by atoms with Gasteiger partial charge in [-0.1, -0.05) is 13.0 Å². The molecule has 0 radical (unpaired) electrons. The minimum absolute atomic E-state index is 0.477. The van der Waals surface area contributed by atoms with Gasteiger partial charge in [0, 0.05) is 11.4 Å². The highest BCUT2D eigenvalue weighted by Gasteiger charge is 2.08. The Morgan fingerprint density at radius 1 is 1.29 bits per heavy atom. The number of aryl methyl sites for hydroxylation is 1. The van der Waals surface area contributed by atoms with Gasteiger partial charge in [-0.2, -0.15) is 0 Å². The number of ether oxygens (including phenoxy) is 2. The van der Waals surface area contributed by atoms with Crippen molar-refractivity contribution in [3.8, 4) is 11.5 Å². The lowest BCUT2D eigenvalue weighted by Gasteiger charge is -2.11. The molecule has 0 bridgehead atoms. The summed E-state index contributed by atoms with van der Waals surface area (Å²) >= 11 is 1.70. The fourth-order valence-corrected chi connectivity index (χ4v) is 2.94. The summed E-state index contributed by atoms with van der Waals surface area (Å²) in [7, 11) is 1.65. The number of nitrogens with two attached hydrogens (primary N) is 1. The van der Waals surface area contributed by atoms with Gasteiger partial charge in [0.25, 0.3) is 0 Å². The molecule has 1 aromatic heterocycles. The van der Waals surface area contributed by atoms with Crippen LogP contribution < -0.4 is 15.2 Å². The molecule has 0 saturated carbocycles. The molecule has 0 saturated heterocycles. The van der Waals surface area contributed by atoms with E-state index in [0.29, 0.717) is 13.2 Å². The molecule has 0 aliphatic heterocycles. The fourth-order valence-electron chi connectivity index (χ4n) is 2.05. The average Bonchev–Trinajstić information content (AvgIpc) is 2.94. The van der Waals surface area contributed by atoms with E-state index in [-0.39, 0.29) is 0 Å². The van der Waals surface area contributed by atoms with Crippen LogP contribution in [0.4, 0.5) is 0 Å². The summed E-state index contributed by atoms with van der Waals surface area (Å²) in [6.07, 6.45) is 2.93. The maximum atomic E-state index is 5.92. The van der Waals surface area contributed by atoms with Crippen molar-refractivity contribution >= 4 is 11.3 Å². The molecule has 0 atom stereocenters. The predicted octanol–water partition coefficient (Wildman–Crippen LogP) is 3.18. The van der Waals surface area contributed by atoms with Crippen molar-refractivity contribution in [3.63, 3.8) is 0 Å². The number of nitrogens with zero attached hydrogens (tertiary/aromatic N) is 1. The van der Waals surface area contributed by atoms with Gasteiger partial charge in [0.15, 0.2) is 0 Å². The van der Waals surface area contributed by atoms with Crippen LogP contribution in [-0.4, -0.2) is 18.6 Å². The maximum Gasteiger partial charge on any atom is 0.131 e. The standard InChI is InChI=1S/C16H22N2O2S/c1-3-4-16-18-13(11-21-16)10-20-15-9-14(19-2)6-5-12(15)7-8-17/h5-6,9,11H,3-4,7-8,10,17H2,1-2H3. The van der Waals surface area contributed by atoms with E-state index in [2.05, 4.69) is 17.3 Å².